The summed E-state index contributed by atoms with van der Waals surface area (Å²) in [5.74, 6) is 0.146. The number of aromatic nitrogens is 2. The number of rotatable bonds is 5. The molecule has 26 heavy (non-hydrogen) atoms. The van der Waals surface area contributed by atoms with E-state index < -0.39 is 5.41 Å². The second-order valence-electron chi connectivity index (χ2n) is 6.88. The van der Waals surface area contributed by atoms with Gasteiger partial charge in [-0.15, -0.1) is 0 Å². The second kappa shape index (κ2) is 6.61. The van der Waals surface area contributed by atoms with Crippen LogP contribution in [0.5, 0.6) is 0 Å². The summed E-state index contributed by atoms with van der Waals surface area (Å²) in [6.07, 6.45) is 5.54. The van der Waals surface area contributed by atoms with Crippen LogP contribution in [0.3, 0.4) is 0 Å². The van der Waals surface area contributed by atoms with E-state index in [4.69, 9.17) is 11.6 Å². The molecule has 4 rings (SSSR count). The van der Waals surface area contributed by atoms with E-state index in [0.717, 1.165) is 29.7 Å². The molecule has 0 unspecified atom stereocenters. The minimum atomic E-state index is -0.408. The van der Waals surface area contributed by atoms with Gasteiger partial charge in [0.15, 0.2) is 0 Å². The molecular weight excluding hydrogens is 346 g/mol. The summed E-state index contributed by atoms with van der Waals surface area (Å²) in [6, 6.07) is 17.6. The fraction of sp³-hybridized carbons (Fsp3) is 0.238. The molecule has 0 aliphatic heterocycles. The lowest BCUT2D eigenvalue weighted by molar-refractivity contribution is -0.133. The summed E-state index contributed by atoms with van der Waals surface area (Å²) in [7, 11) is 1.85. The number of hydrogen-bond acceptors (Lipinski definition) is 2. The predicted octanol–water partition coefficient (Wildman–Crippen LogP) is 4.22. The van der Waals surface area contributed by atoms with E-state index in [-0.39, 0.29) is 5.91 Å². The Balaban J connectivity index is 1.49. The SMILES string of the molecule is CN(Cc1cnn(-c2ccccc2)c1)C(=O)C1(c2cccc(Cl)c2)CC1. The van der Waals surface area contributed by atoms with Gasteiger partial charge in [-0.05, 0) is 42.7 Å². The molecule has 1 aliphatic carbocycles. The summed E-state index contributed by atoms with van der Waals surface area (Å²) in [5.41, 5.74) is 2.62. The number of nitrogens with zero attached hydrogens (tertiary/aromatic N) is 3. The van der Waals surface area contributed by atoms with Gasteiger partial charge in [0.05, 0.1) is 17.3 Å². The molecule has 5 heteroatoms. The maximum absolute atomic E-state index is 13.1. The number of amides is 1. The molecule has 1 aromatic heterocycles. The van der Waals surface area contributed by atoms with Crippen molar-refractivity contribution in [3.63, 3.8) is 0 Å². The first-order valence-electron chi connectivity index (χ1n) is 8.69. The lowest BCUT2D eigenvalue weighted by atomic mass is 9.94. The van der Waals surface area contributed by atoms with Gasteiger partial charge >= 0.3 is 0 Å². The Hall–Kier alpha value is -2.59. The van der Waals surface area contributed by atoms with Gasteiger partial charge in [0.25, 0.3) is 0 Å². The number of likely N-dealkylation sites (N-methyl/N-ethyl adjacent to an activating group) is 1. The van der Waals surface area contributed by atoms with Crippen molar-refractivity contribution in [3.05, 3.63) is 83.1 Å². The van der Waals surface area contributed by atoms with Gasteiger partial charge in [-0.1, -0.05) is 41.9 Å². The molecule has 132 valence electrons. The number of para-hydroxylation sites is 1. The second-order valence-corrected chi connectivity index (χ2v) is 7.32. The Labute approximate surface area is 158 Å². The fourth-order valence-electron chi connectivity index (χ4n) is 3.41. The fourth-order valence-corrected chi connectivity index (χ4v) is 3.60. The van der Waals surface area contributed by atoms with Crippen LogP contribution in [0.1, 0.15) is 24.0 Å². The molecule has 3 aromatic rings. The van der Waals surface area contributed by atoms with E-state index in [1.807, 2.05) is 78.7 Å². The Morgan fingerprint density at radius 3 is 2.65 bits per heavy atom. The zero-order valence-electron chi connectivity index (χ0n) is 14.6. The smallest absolute Gasteiger partial charge is 0.233 e. The van der Waals surface area contributed by atoms with Gasteiger partial charge in [-0.2, -0.15) is 5.10 Å². The number of benzene rings is 2. The van der Waals surface area contributed by atoms with E-state index in [1.54, 1.807) is 4.90 Å². The van der Waals surface area contributed by atoms with Gasteiger partial charge in [-0.25, -0.2) is 4.68 Å². The van der Waals surface area contributed by atoms with Crippen LogP contribution in [0.2, 0.25) is 5.02 Å². The van der Waals surface area contributed by atoms with Crippen LogP contribution in [0.25, 0.3) is 5.69 Å². The van der Waals surface area contributed by atoms with Crippen molar-refractivity contribution < 1.29 is 4.79 Å². The van der Waals surface area contributed by atoms with Crippen LogP contribution in [-0.2, 0) is 16.8 Å². The molecule has 1 heterocycles. The van der Waals surface area contributed by atoms with E-state index in [9.17, 15) is 4.79 Å². The van der Waals surface area contributed by atoms with Crippen molar-refractivity contribution in [2.45, 2.75) is 24.8 Å². The topological polar surface area (TPSA) is 38.1 Å². The molecule has 0 N–H and O–H groups in total. The van der Waals surface area contributed by atoms with Crippen LogP contribution in [-0.4, -0.2) is 27.6 Å². The summed E-state index contributed by atoms with van der Waals surface area (Å²) >= 11 is 6.12. The van der Waals surface area contributed by atoms with Crippen molar-refractivity contribution in [1.82, 2.24) is 14.7 Å². The molecule has 1 saturated carbocycles. The first-order valence-corrected chi connectivity index (χ1v) is 9.07. The average Bonchev–Trinajstić information content (AvgIpc) is 3.35. The molecule has 0 saturated heterocycles. The maximum atomic E-state index is 13.1. The largest absolute Gasteiger partial charge is 0.341 e. The lowest BCUT2D eigenvalue weighted by Crippen LogP contribution is -2.36. The quantitative estimate of drug-likeness (QED) is 0.679. The van der Waals surface area contributed by atoms with E-state index in [2.05, 4.69) is 5.10 Å². The molecule has 2 aromatic carbocycles. The molecule has 4 nitrogen and oxygen atoms in total. The Morgan fingerprint density at radius 2 is 1.96 bits per heavy atom. The highest BCUT2D eigenvalue weighted by molar-refractivity contribution is 6.30. The highest BCUT2D eigenvalue weighted by Gasteiger charge is 2.52. The Bertz CT molecular complexity index is 931. The van der Waals surface area contributed by atoms with Gasteiger partial charge in [0.2, 0.25) is 5.91 Å². The summed E-state index contributed by atoms with van der Waals surface area (Å²) in [4.78, 5) is 14.9. The minimum Gasteiger partial charge on any atom is -0.341 e. The normalized spacial score (nSPS) is 14.8. The van der Waals surface area contributed by atoms with Crippen LogP contribution < -0.4 is 0 Å². The monoisotopic (exact) mass is 365 g/mol. The molecule has 0 bridgehead atoms. The number of carbonyl (C=O) groups excluding carboxylic acids is 1. The third kappa shape index (κ3) is 3.13. The van der Waals surface area contributed by atoms with E-state index in [1.165, 1.54) is 0 Å². The summed E-state index contributed by atoms with van der Waals surface area (Å²) < 4.78 is 1.83. The Kier molecular flexibility index (Phi) is 4.29. The van der Waals surface area contributed by atoms with Crippen LogP contribution in [0.4, 0.5) is 0 Å². The van der Waals surface area contributed by atoms with Gasteiger partial charge in [0.1, 0.15) is 0 Å². The maximum Gasteiger partial charge on any atom is 0.233 e. The molecule has 1 aliphatic rings. The molecule has 1 fully saturated rings. The lowest BCUT2D eigenvalue weighted by Gasteiger charge is -2.23. The zero-order chi connectivity index (χ0) is 18.1. The highest BCUT2D eigenvalue weighted by atomic mass is 35.5. The summed E-state index contributed by atoms with van der Waals surface area (Å²) in [6.45, 7) is 0.536. The van der Waals surface area contributed by atoms with Crippen LogP contribution in [0.15, 0.2) is 67.0 Å². The third-order valence-corrected chi connectivity index (χ3v) is 5.19. The van der Waals surface area contributed by atoms with Gasteiger partial charge < -0.3 is 4.90 Å². The molecule has 0 spiro atoms. The number of halogens is 1. The molecule has 1 amide bonds. The Morgan fingerprint density at radius 1 is 1.19 bits per heavy atom. The standard InChI is InChI=1S/C21H20ClN3O/c1-24(14-16-13-23-25(15-16)19-8-3-2-4-9-19)20(26)21(10-11-21)17-6-5-7-18(22)12-17/h2-9,12-13,15H,10-11,14H2,1H3. The van der Waals surface area contributed by atoms with Crippen molar-refractivity contribution in [2.24, 2.45) is 0 Å². The van der Waals surface area contributed by atoms with Crippen molar-refractivity contribution in [2.75, 3.05) is 7.05 Å². The molecule has 0 radical (unpaired) electrons. The zero-order valence-corrected chi connectivity index (χ0v) is 15.4. The highest BCUT2D eigenvalue weighted by Crippen LogP contribution is 2.50. The van der Waals surface area contributed by atoms with Crippen molar-refractivity contribution >= 4 is 17.5 Å². The third-order valence-electron chi connectivity index (χ3n) is 4.96. The number of carbonyl (C=O) groups is 1. The van der Waals surface area contributed by atoms with Crippen LogP contribution >= 0.6 is 11.6 Å². The first-order chi connectivity index (χ1) is 12.6. The summed E-state index contributed by atoms with van der Waals surface area (Å²) in [5, 5.41) is 5.08. The van der Waals surface area contributed by atoms with Gasteiger partial charge in [-0.3, -0.25) is 4.79 Å². The van der Waals surface area contributed by atoms with E-state index >= 15 is 0 Å². The van der Waals surface area contributed by atoms with Gasteiger partial charge in [0, 0.05) is 30.4 Å². The first kappa shape index (κ1) is 16.9. The van der Waals surface area contributed by atoms with E-state index in [0.29, 0.717) is 11.6 Å². The predicted molar refractivity (Wildman–Crippen MR) is 102 cm³/mol. The minimum absolute atomic E-state index is 0.146. The molecule has 0 atom stereocenters. The average molecular weight is 366 g/mol. The van der Waals surface area contributed by atoms with Crippen molar-refractivity contribution in [1.29, 1.82) is 0 Å². The number of hydrogen-bond donors (Lipinski definition) is 0. The van der Waals surface area contributed by atoms with Crippen LogP contribution in [0, 0.1) is 0 Å². The molecular formula is C21H20ClN3O. The van der Waals surface area contributed by atoms with Crippen molar-refractivity contribution in [3.8, 4) is 5.69 Å².